The van der Waals surface area contributed by atoms with E-state index in [1.165, 1.54) is 4.90 Å². The summed E-state index contributed by atoms with van der Waals surface area (Å²) < 4.78 is 11.3. The molecule has 0 radical (unpaired) electrons. The first kappa shape index (κ1) is 22.9. The van der Waals surface area contributed by atoms with E-state index in [4.69, 9.17) is 9.47 Å². The number of anilines is 1. The van der Waals surface area contributed by atoms with E-state index < -0.39 is 0 Å². The van der Waals surface area contributed by atoms with Gasteiger partial charge >= 0.3 is 0 Å². The fourth-order valence-electron chi connectivity index (χ4n) is 4.92. The molecular weight excluding hydrogens is 416 g/mol. The number of benzene rings is 2. The van der Waals surface area contributed by atoms with Gasteiger partial charge in [-0.05, 0) is 42.9 Å². The Labute approximate surface area is 195 Å². The van der Waals surface area contributed by atoms with Crippen molar-refractivity contribution in [1.29, 1.82) is 0 Å². The third-order valence-corrected chi connectivity index (χ3v) is 6.17. The Hall–Kier alpha value is -3.28. The standard InChI is InChI=1S/C27H32N2O4/c1-5-13-33-21-10-8-9-20(15-21)29-26(30)24(22-11-6-7-12-23(22)32-4)25(27(29)31)28-16-18(2)14-19(3)17-28/h6-12,15,18-19H,5,13-14,16-17H2,1-4H3. The molecule has 33 heavy (non-hydrogen) atoms. The molecule has 0 spiro atoms. The molecule has 2 aromatic rings. The Kier molecular flexibility index (Phi) is 6.72. The van der Waals surface area contributed by atoms with E-state index in [2.05, 4.69) is 18.7 Å². The van der Waals surface area contributed by atoms with Crippen molar-refractivity contribution in [2.45, 2.75) is 33.6 Å². The number of carbonyl (C=O) groups is 2. The monoisotopic (exact) mass is 448 g/mol. The van der Waals surface area contributed by atoms with Crippen LogP contribution in [0.25, 0.3) is 5.57 Å². The minimum absolute atomic E-state index is 0.296. The Morgan fingerprint density at radius 1 is 0.970 bits per heavy atom. The second-order valence-corrected chi connectivity index (χ2v) is 9.07. The molecule has 0 bridgehead atoms. The molecular formula is C27H32N2O4. The molecule has 0 saturated carbocycles. The summed E-state index contributed by atoms with van der Waals surface area (Å²) in [4.78, 5) is 31.1. The van der Waals surface area contributed by atoms with Gasteiger partial charge in [-0.2, -0.15) is 0 Å². The molecule has 6 heteroatoms. The summed E-state index contributed by atoms with van der Waals surface area (Å²) in [6.45, 7) is 8.48. The van der Waals surface area contributed by atoms with Gasteiger partial charge < -0.3 is 14.4 Å². The SMILES string of the molecule is CCCOc1cccc(N2C(=O)C(c3ccccc3OC)=C(N3CC(C)CC(C)C3)C2=O)c1. The van der Waals surface area contributed by atoms with Crippen molar-refractivity contribution in [3.8, 4) is 11.5 Å². The number of para-hydroxylation sites is 1. The van der Waals surface area contributed by atoms with Crippen LogP contribution in [0.3, 0.4) is 0 Å². The highest BCUT2D eigenvalue weighted by Crippen LogP contribution is 2.40. The number of hydrogen-bond acceptors (Lipinski definition) is 5. The number of piperidine rings is 1. The van der Waals surface area contributed by atoms with Gasteiger partial charge in [-0.3, -0.25) is 9.59 Å². The molecule has 2 heterocycles. The molecule has 1 saturated heterocycles. The van der Waals surface area contributed by atoms with E-state index >= 15 is 0 Å². The van der Waals surface area contributed by atoms with Crippen molar-refractivity contribution in [2.75, 3.05) is 31.7 Å². The van der Waals surface area contributed by atoms with E-state index in [0.717, 1.165) is 25.9 Å². The van der Waals surface area contributed by atoms with Crippen molar-refractivity contribution in [3.63, 3.8) is 0 Å². The lowest BCUT2D eigenvalue weighted by atomic mass is 9.91. The maximum absolute atomic E-state index is 13.9. The minimum Gasteiger partial charge on any atom is -0.496 e. The maximum Gasteiger partial charge on any atom is 0.282 e. The van der Waals surface area contributed by atoms with Gasteiger partial charge in [-0.1, -0.05) is 45.0 Å². The fourth-order valence-corrected chi connectivity index (χ4v) is 4.92. The first-order valence-corrected chi connectivity index (χ1v) is 11.7. The first-order chi connectivity index (χ1) is 15.9. The highest BCUT2D eigenvalue weighted by molar-refractivity contribution is 6.45. The van der Waals surface area contributed by atoms with E-state index in [1.807, 2.05) is 43.3 Å². The predicted molar refractivity (Wildman–Crippen MR) is 129 cm³/mol. The van der Waals surface area contributed by atoms with Gasteiger partial charge in [-0.15, -0.1) is 0 Å². The smallest absolute Gasteiger partial charge is 0.282 e. The summed E-state index contributed by atoms with van der Waals surface area (Å²) in [5.41, 5.74) is 2.01. The van der Waals surface area contributed by atoms with Gasteiger partial charge in [0, 0.05) is 24.7 Å². The Morgan fingerprint density at radius 2 is 1.70 bits per heavy atom. The second kappa shape index (κ2) is 9.69. The summed E-state index contributed by atoms with van der Waals surface area (Å²) >= 11 is 0. The van der Waals surface area contributed by atoms with E-state index in [-0.39, 0.29) is 11.8 Å². The van der Waals surface area contributed by atoms with Crippen molar-refractivity contribution < 1.29 is 19.1 Å². The number of nitrogens with zero attached hydrogens (tertiary/aromatic N) is 2. The summed E-state index contributed by atoms with van der Waals surface area (Å²) in [5.74, 6) is 1.45. The summed E-state index contributed by atoms with van der Waals surface area (Å²) in [5, 5.41) is 0. The summed E-state index contributed by atoms with van der Waals surface area (Å²) in [7, 11) is 1.58. The van der Waals surface area contributed by atoms with Crippen LogP contribution in [0, 0.1) is 11.8 Å². The number of carbonyl (C=O) groups excluding carboxylic acids is 2. The third-order valence-electron chi connectivity index (χ3n) is 6.17. The molecule has 2 amide bonds. The van der Waals surface area contributed by atoms with Crippen LogP contribution in [0.4, 0.5) is 5.69 Å². The number of amides is 2. The molecule has 174 valence electrons. The molecule has 2 aliphatic rings. The van der Waals surface area contributed by atoms with Crippen LogP contribution in [0.2, 0.25) is 0 Å². The highest BCUT2D eigenvalue weighted by Gasteiger charge is 2.44. The average molecular weight is 449 g/mol. The number of hydrogen-bond donors (Lipinski definition) is 0. The molecule has 2 aromatic carbocycles. The number of ether oxygens (including phenoxy) is 2. The Morgan fingerprint density at radius 3 is 2.39 bits per heavy atom. The number of rotatable bonds is 7. The normalized spacial score (nSPS) is 21.1. The third kappa shape index (κ3) is 4.47. The number of imide groups is 1. The molecule has 0 aromatic heterocycles. The molecule has 4 rings (SSSR count). The van der Waals surface area contributed by atoms with Gasteiger partial charge in [0.2, 0.25) is 0 Å². The number of likely N-dealkylation sites (tertiary alicyclic amines) is 1. The van der Waals surface area contributed by atoms with Gasteiger partial charge in [0.1, 0.15) is 17.2 Å². The van der Waals surface area contributed by atoms with Crippen LogP contribution in [0.1, 0.15) is 39.2 Å². The quantitative estimate of drug-likeness (QED) is 0.573. The zero-order valence-electron chi connectivity index (χ0n) is 19.8. The molecule has 2 aliphatic heterocycles. The molecule has 1 fully saturated rings. The largest absolute Gasteiger partial charge is 0.496 e. The van der Waals surface area contributed by atoms with Gasteiger partial charge in [0.05, 0.1) is 25.0 Å². The fraction of sp³-hybridized carbons (Fsp3) is 0.407. The van der Waals surface area contributed by atoms with E-state index in [1.54, 1.807) is 19.2 Å². The van der Waals surface area contributed by atoms with Gasteiger partial charge in [0.15, 0.2) is 0 Å². The predicted octanol–water partition coefficient (Wildman–Crippen LogP) is 4.75. The van der Waals surface area contributed by atoms with Crippen LogP contribution in [0.15, 0.2) is 54.2 Å². The summed E-state index contributed by atoms with van der Waals surface area (Å²) in [6, 6.07) is 14.6. The van der Waals surface area contributed by atoms with Crippen LogP contribution >= 0.6 is 0 Å². The highest BCUT2D eigenvalue weighted by atomic mass is 16.5. The van der Waals surface area contributed by atoms with Crippen molar-refractivity contribution in [3.05, 3.63) is 59.8 Å². The van der Waals surface area contributed by atoms with Crippen LogP contribution in [-0.2, 0) is 9.59 Å². The summed E-state index contributed by atoms with van der Waals surface area (Å²) in [6.07, 6.45) is 1.98. The van der Waals surface area contributed by atoms with Crippen molar-refractivity contribution >= 4 is 23.1 Å². The molecule has 2 atom stereocenters. The van der Waals surface area contributed by atoms with Gasteiger partial charge in [-0.25, -0.2) is 4.90 Å². The van der Waals surface area contributed by atoms with Crippen LogP contribution in [0.5, 0.6) is 11.5 Å². The lowest BCUT2D eigenvalue weighted by Gasteiger charge is -2.37. The Balaban J connectivity index is 1.81. The molecule has 0 N–H and O–H groups in total. The van der Waals surface area contributed by atoms with E-state index in [0.29, 0.717) is 52.5 Å². The first-order valence-electron chi connectivity index (χ1n) is 11.7. The Bertz CT molecular complexity index is 1070. The topological polar surface area (TPSA) is 59.1 Å². The lowest BCUT2D eigenvalue weighted by molar-refractivity contribution is -0.120. The van der Waals surface area contributed by atoms with Crippen molar-refractivity contribution in [2.24, 2.45) is 11.8 Å². The molecule has 0 aliphatic carbocycles. The second-order valence-electron chi connectivity index (χ2n) is 9.07. The lowest BCUT2D eigenvalue weighted by Crippen LogP contribution is -2.42. The maximum atomic E-state index is 13.9. The zero-order chi connectivity index (χ0) is 23.5. The number of methoxy groups -OCH3 is 1. The minimum atomic E-state index is -0.335. The van der Waals surface area contributed by atoms with Crippen LogP contribution < -0.4 is 14.4 Å². The molecule has 6 nitrogen and oxygen atoms in total. The average Bonchev–Trinajstić information content (AvgIpc) is 3.07. The van der Waals surface area contributed by atoms with Crippen molar-refractivity contribution in [1.82, 2.24) is 4.90 Å². The van der Waals surface area contributed by atoms with E-state index in [9.17, 15) is 9.59 Å². The zero-order valence-corrected chi connectivity index (χ0v) is 19.8. The molecule has 2 unspecified atom stereocenters. The van der Waals surface area contributed by atoms with Gasteiger partial charge in [0.25, 0.3) is 11.8 Å². The van der Waals surface area contributed by atoms with Crippen LogP contribution in [-0.4, -0.2) is 43.5 Å².